The molecular weight excluding hydrogens is 650 g/mol. The van der Waals surface area contributed by atoms with Crippen molar-refractivity contribution in [2.75, 3.05) is 0 Å². The molecule has 0 aliphatic carbocycles. The van der Waals surface area contributed by atoms with Gasteiger partial charge in [0.1, 0.15) is 0 Å². The Bertz CT molecular complexity index is 2540. The maximum atomic E-state index is 5.36. The van der Waals surface area contributed by atoms with E-state index in [0.29, 0.717) is 0 Å². The van der Waals surface area contributed by atoms with Crippen molar-refractivity contribution in [3.8, 4) is 0 Å². The summed E-state index contributed by atoms with van der Waals surface area (Å²) in [6.07, 6.45) is 3.58. The van der Waals surface area contributed by atoms with Gasteiger partial charge in [-0.2, -0.15) is 0 Å². The molecule has 5 heteroatoms. The minimum absolute atomic E-state index is 0. The minimum atomic E-state index is 0. The Balaban J connectivity index is 0.00000348. The maximum absolute atomic E-state index is 5.36. The average Bonchev–Trinajstić information content (AvgIpc) is 3.85. The van der Waals surface area contributed by atoms with E-state index in [9.17, 15) is 0 Å². The van der Waals surface area contributed by atoms with Crippen LogP contribution in [-0.2, 0) is 19.5 Å². The van der Waals surface area contributed by atoms with Crippen LogP contribution in [0, 0.1) is 0 Å². The van der Waals surface area contributed by atoms with Crippen LogP contribution in [-0.4, -0.2) is 9.97 Å². The maximum Gasteiger partial charge on any atom is 2.00 e. The van der Waals surface area contributed by atoms with Gasteiger partial charge in [-0.05, 0) is 91.1 Å². The van der Waals surface area contributed by atoms with Crippen LogP contribution in [0.2, 0.25) is 0 Å². The zero-order valence-corrected chi connectivity index (χ0v) is 31.5. The first-order valence-electron chi connectivity index (χ1n) is 17.3. The van der Waals surface area contributed by atoms with Gasteiger partial charge in [0.05, 0.1) is 22.8 Å². The summed E-state index contributed by atoms with van der Waals surface area (Å²) in [7, 11) is 0. The number of benzene rings is 4. The first-order chi connectivity index (χ1) is 23.6. The number of nitrogens with zero attached hydrogens (tertiary/aromatic N) is 4. The van der Waals surface area contributed by atoms with Gasteiger partial charge in [-0.15, -0.1) is 22.1 Å². The van der Waals surface area contributed by atoms with Gasteiger partial charge in [-0.1, -0.05) is 125 Å². The van der Waals surface area contributed by atoms with E-state index in [1.54, 1.807) is 0 Å². The van der Waals surface area contributed by atoms with E-state index in [1.807, 2.05) is 0 Å². The zero-order valence-electron chi connectivity index (χ0n) is 28.6. The summed E-state index contributed by atoms with van der Waals surface area (Å²) in [5.41, 5.74) is 12.9. The van der Waals surface area contributed by atoms with Gasteiger partial charge in [0.15, 0.2) is 0 Å². The van der Waals surface area contributed by atoms with Gasteiger partial charge in [0.25, 0.3) is 0 Å². The van der Waals surface area contributed by atoms with E-state index < -0.39 is 0 Å². The van der Waals surface area contributed by atoms with Gasteiger partial charge in [-0.25, -0.2) is 9.97 Å². The topological polar surface area (TPSA) is 54.0 Å². The van der Waals surface area contributed by atoms with Crippen LogP contribution in [0.5, 0.6) is 0 Å². The fourth-order valence-corrected chi connectivity index (χ4v) is 8.16. The van der Waals surface area contributed by atoms with Gasteiger partial charge >= 0.3 is 19.5 Å². The molecule has 2 aliphatic heterocycles. The van der Waals surface area contributed by atoms with Crippen molar-refractivity contribution in [2.45, 2.75) is 53.4 Å². The van der Waals surface area contributed by atoms with Crippen molar-refractivity contribution in [3.05, 3.63) is 120 Å². The summed E-state index contributed by atoms with van der Waals surface area (Å²) in [6, 6.07) is 35.0. The van der Waals surface area contributed by atoms with Crippen LogP contribution in [0.1, 0.15) is 76.2 Å². The number of fused-ring (bicyclic) bond motifs is 18. The fraction of sp³-hybridized carbons (Fsp3) is 0.182. The molecule has 0 spiro atoms. The van der Waals surface area contributed by atoms with E-state index >= 15 is 0 Å². The molecule has 8 bridgehead atoms. The molecule has 9 rings (SSSR count). The summed E-state index contributed by atoms with van der Waals surface area (Å²) in [6.45, 7) is 8.93. The van der Waals surface area contributed by atoms with Crippen molar-refractivity contribution in [2.24, 2.45) is 0 Å². The van der Waals surface area contributed by atoms with Crippen molar-refractivity contribution >= 4 is 87.4 Å². The number of hydrogen-bond donors (Lipinski definition) is 0. The Hall–Kier alpha value is -4.86. The first kappa shape index (κ1) is 31.4. The smallest absolute Gasteiger partial charge is 0.657 e. The molecule has 0 N–H and O–H groups in total. The molecule has 234 valence electrons. The average molecular weight is 686 g/mol. The second-order valence-electron chi connectivity index (χ2n) is 12.9. The third-order valence-corrected chi connectivity index (χ3v) is 10.4. The van der Waals surface area contributed by atoms with Crippen molar-refractivity contribution in [3.63, 3.8) is 0 Å². The third kappa shape index (κ3) is 4.82. The van der Waals surface area contributed by atoms with Crippen molar-refractivity contribution in [1.82, 2.24) is 19.9 Å². The van der Waals surface area contributed by atoms with E-state index in [4.69, 9.17) is 19.9 Å². The largest absolute Gasteiger partial charge is 2.00 e. The summed E-state index contributed by atoms with van der Waals surface area (Å²) in [5.74, 6) is 0. The Morgan fingerprint density at radius 3 is 1.12 bits per heavy atom. The van der Waals surface area contributed by atoms with Crippen LogP contribution in [0.15, 0.2) is 97.1 Å². The zero-order chi connectivity index (χ0) is 32.5. The molecule has 3 aromatic heterocycles. The molecule has 0 atom stereocenters. The first-order valence-corrected chi connectivity index (χ1v) is 17.3. The number of rotatable bonds is 4. The summed E-state index contributed by atoms with van der Waals surface area (Å²) in [5, 5.41) is 9.46. The second-order valence-corrected chi connectivity index (χ2v) is 12.9. The quantitative estimate of drug-likeness (QED) is 0.173. The van der Waals surface area contributed by atoms with Crippen LogP contribution < -0.4 is 9.97 Å². The summed E-state index contributed by atoms with van der Waals surface area (Å²) in [4.78, 5) is 21.4. The van der Waals surface area contributed by atoms with Gasteiger partial charge in [0.2, 0.25) is 0 Å². The molecule has 0 fully saturated rings. The molecular formula is C44H36N4Zn. The van der Waals surface area contributed by atoms with Gasteiger partial charge in [-0.3, -0.25) is 0 Å². The number of hydrogen-bond acceptors (Lipinski definition) is 2. The molecule has 0 saturated carbocycles. The van der Waals surface area contributed by atoms with Gasteiger partial charge < -0.3 is 9.97 Å². The molecule has 49 heavy (non-hydrogen) atoms. The fourth-order valence-electron chi connectivity index (χ4n) is 8.16. The minimum Gasteiger partial charge on any atom is -0.657 e. The molecule has 4 nitrogen and oxygen atoms in total. The number of aromatic nitrogens is 4. The SMILES string of the molecule is CCC1=C(CC)c2cc3[n-]c(cc4nc(cc5[n-]c(cc1n2)c1ccc2ccccc2c51)C(CC)=C4CC)c1c2ccccc2ccc31.[Zn+2]. The molecule has 0 radical (unpaired) electrons. The van der Waals surface area contributed by atoms with Crippen LogP contribution >= 0.6 is 0 Å². The van der Waals surface area contributed by atoms with Crippen LogP contribution in [0.3, 0.4) is 0 Å². The molecule has 5 heterocycles. The monoisotopic (exact) mass is 684 g/mol. The molecule has 7 aromatic rings. The normalized spacial score (nSPS) is 13.3. The molecule has 2 aliphatic rings. The standard InChI is InChI=1S/C44H36N4.Zn/c1-5-27-28(6-2)36-22-40-34-20-18-26-14-10-12-16-32(26)44(34)42(48-40)24-38-30(8-4)29(7-3)37(46-38)23-41-43-31-15-11-9-13-25(31)17-19-33(43)39(47-41)21-35(27)45-36;/h9-24H,5-8H2,1-4H3;/q-2;+2. The molecule has 0 unspecified atom stereocenters. The molecule has 4 aromatic carbocycles. The predicted molar refractivity (Wildman–Crippen MR) is 204 cm³/mol. The predicted octanol–water partition coefficient (Wildman–Crippen LogP) is 11.6. The van der Waals surface area contributed by atoms with Crippen molar-refractivity contribution in [1.29, 1.82) is 0 Å². The Morgan fingerprint density at radius 2 is 0.755 bits per heavy atom. The van der Waals surface area contributed by atoms with Crippen molar-refractivity contribution < 1.29 is 19.5 Å². The molecule has 0 amide bonds. The third-order valence-electron chi connectivity index (χ3n) is 10.4. The van der Waals surface area contributed by atoms with E-state index in [-0.39, 0.29) is 19.5 Å². The van der Waals surface area contributed by atoms with Crippen LogP contribution in [0.4, 0.5) is 0 Å². The van der Waals surface area contributed by atoms with E-state index in [2.05, 4.69) is 125 Å². The Morgan fingerprint density at radius 1 is 0.408 bits per heavy atom. The molecule has 0 saturated heterocycles. The number of allylic oxidation sites excluding steroid dienone is 4. The van der Waals surface area contributed by atoms with E-state index in [1.165, 1.54) is 54.6 Å². The van der Waals surface area contributed by atoms with Crippen LogP contribution in [0.25, 0.3) is 87.4 Å². The second kappa shape index (κ2) is 12.2. The summed E-state index contributed by atoms with van der Waals surface area (Å²) >= 11 is 0. The summed E-state index contributed by atoms with van der Waals surface area (Å²) < 4.78 is 0. The van der Waals surface area contributed by atoms with Gasteiger partial charge in [0, 0.05) is 0 Å². The Kier molecular flexibility index (Phi) is 7.84. The Labute approximate surface area is 298 Å². The van der Waals surface area contributed by atoms with E-state index in [0.717, 1.165) is 81.3 Å².